The van der Waals surface area contributed by atoms with Crippen molar-refractivity contribution in [3.8, 4) is 0 Å². The van der Waals surface area contributed by atoms with Gasteiger partial charge in [-0.3, -0.25) is 4.79 Å². The van der Waals surface area contributed by atoms with Crippen LogP contribution in [-0.4, -0.2) is 17.0 Å². The number of anilines is 1. The molecule has 0 bridgehead atoms. The van der Waals surface area contributed by atoms with Crippen LogP contribution in [0, 0.1) is 3.57 Å². The minimum absolute atomic E-state index is 0.0668. The van der Waals surface area contributed by atoms with Gasteiger partial charge in [0.2, 0.25) is 5.91 Å². The number of carboxylic acid groups (broad SMARTS) is 1. The van der Waals surface area contributed by atoms with Crippen molar-refractivity contribution in [3.05, 3.63) is 40.0 Å². The molecular weight excluding hydrogens is 309 g/mol. The zero-order valence-corrected chi connectivity index (χ0v) is 9.82. The molecule has 0 aromatic heterocycles. The summed E-state index contributed by atoms with van der Waals surface area (Å²) in [6.45, 7) is 3.29. The highest BCUT2D eigenvalue weighted by atomic mass is 127. The predicted molar refractivity (Wildman–Crippen MR) is 64.9 cm³/mol. The third-order valence-corrected chi connectivity index (χ3v) is 2.33. The number of carbonyl (C=O) groups excluding carboxylic acids is 1. The van der Waals surface area contributed by atoms with Crippen LogP contribution < -0.4 is 5.32 Å². The van der Waals surface area contributed by atoms with Gasteiger partial charge >= 0.3 is 5.97 Å². The van der Waals surface area contributed by atoms with E-state index in [1.165, 1.54) is 6.07 Å². The Kier molecular flexibility index (Phi) is 3.84. The number of hydrogen-bond donors (Lipinski definition) is 2. The van der Waals surface area contributed by atoms with Crippen molar-refractivity contribution in [1.29, 1.82) is 0 Å². The van der Waals surface area contributed by atoms with Crippen LogP contribution in [0.3, 0.4) is 0 Å². The highest BCUT2D eigenvalue weighted by molar-refractivity contribution is 14.1. The average molecular weight is 317 g/mol. The summed E-state index contributed by atoms with van der Waals surface area (Å²) in [4.78, 5) is 21.9. The first kappa shape index (κ1) is 11.7. The van der Waals surface area contributed by atoms with Crippen LogP contribution in [0.15, 0.2) is 30.9 Å². The van der Waals surface area contributed by atoms with E-state index in [0.29, 0.717) is 0 Å². The lowest BCUT2D eigenvalue weighted by Gasteiger charge is -2.06. The van der Waals surface area contributed by atoms with Crippen LogP contribution >= 0.6 is 22.6 Å². The summed E-state index contributed by atoms with van der Waals surface area (Å²) >= 11 is 2.00. The van der Waals surface area contributed by atoms with Crippen LogP contribution in [0.2, 0.25) is 0 Å². The van der Waals surface area contributed by atoms with Gasteiger partial charge in [0.25, 0.3) is 0 Å². The fourth-order valence-corrected chi connectivity index (χ4v) is 1.48. The van der Waals surface area contributed by atoms with Gasteiger partial charge in [0.1, 0.15) is 0 Å². The normalized spacial score (nSPS) is 9.40. The molecular formula is C10H8INO3. The first-order valence-corrected chi connectivity index (χ1v) is 5.08. The molecule has 15 heavy (non-hydrogen) atoms. The molecule has 0 heterocycles. The highest BCUT2D eigenvalue weighted by Crippen LogP contribution is 2.18. The Bertz CT molecular complexity index is 429. The molecule has 0 fully saturated rings. The van der Waals surface area contributed by atoms with Gasteiger partial charge in [0, 0.05) is 3.57 Å². The van der Waals surface area contributed by atoms with E-state index in [9.17, 15) is 9.59 Å². The number of carboxylic acids is 1. The monoisotopic (exact) mass is 317 g/mol. The lowest BCUT2D eigenvalue weighted by molar-refractivity contribution is -0.111. The molecule has 0 saturated carbocycles. The van der Waals surface area contributed by atoms with Crippen LogP contribution in [0.25, 0.3) is 0 Å². The second-order valence-electron chi connectivity index (χ2n) is 2.69. The summed E-state index contributed by atoms with van der Waals surface area (Å²) in [5.41, 5.74) is 0.338. The molecule has 1 rings (SSSR count). The number of aromatic carboxylic acids is 1. The summed E-state index contributed by atoms with van der Waals surface area (Å²) in [6, 6.07) is 4.75. The third-order valence-electron chi connectivity index (χ3n) is 1.66. The smallest absolute Gasteiger partial charge is 0.337 e. The maximum Gasteiger partial charge on any atom is 0.337 e. The average Bonchev–Trinajstić information content (AvgIpc) is 2.20. The molecule has 1 amide bonds. The molecule has 2 N–H and O–H groups in total. The number of carbonyl (C=O) groups is 2. The van der Waals surface area contributed by atoms with E-state index in [2.05, 4.69) is 11.9 Å². The number of hydrogen-bond acceptors (Lipinski definition) is 2. The summed E-state index contributed by atoms with van der Waals surface area (Å²) in [5.74, 6) is -1.51. The molecule has 1 aromatic rings. The summed E-state index contributed by atoms with van der Waals surface area (Å²) in [5, 5.41) is 11.3. The van der Waals surface area contributed by atoms with E-state index in [0.717, 1.165) is 9.65 Å². The van der Waals surface area contributed by atoms with Gasteiger partial charge in [0.05, 0.1) is 11.3 Å². The molecule has 0 atom stereocenters. The molecule has 0 saturated heterocycles. The van der Waals surface area contributed by atoms with Crippen LogP contribution in [0.5, 0.6) is 0 Å². The SMILES string of the molecule is C=CC(=O)Nc1ccc(I)cc1C(=O)O. The maximum atomic E-state index is 11.0. The number of rotatable bonds is 3. The van der Waals surface area contributed by atoms with Crippen molar-refractivity contribution < 1.29 is 14.7 Å². The summed E-state index contributed by atoms with van der Waals surface area (Å²) in [7, 11) is 0. The topological polar surface area (TPSA) is 66.4 Å². The number of benzene rings is 1. The van der Waals surface area contributed by atoms with Crippen molar-refractivity contribution in [2.24, 2.45) is 0 Å². The molecule has 4 nitrogen and oxygen atoms in total. The van der Waals surface area contributed by atoms with E-state index in [1.54, 1.807) is 12.1 Å². The number of halogens is 1. The van der Waals surface area contributed by atoms with Gasteiger partial charge in [-0.2, -0.15) is 0 Å². The van der Waals surface area contributed by atoms with E-state index in [1.807, 2.05) is 22.6 Å². The molecule has 1 aromatic carbocycles. The first-order chi connectivity index (χ1) is 7.04. The van der Waals surface area contributed by atoms with Crippen molar-refractivity contribution in [3.63, 3.8) is 0 Å². The first-order valence-electron chi connectivity index (χ1n) is 4.01. The molecule has 5 heteroatoms. The van der Waals surface area contributed by atoms with E-state index in [4.69, 9.17) is 5.11 Å². The van der Waals surface area contributed by atoms with Crippen molar-refractivity contribution in [1.82, 2.24) is 0 Å². The lowest BCUT2D eigenvalue weighted by Crippen LogP contribution is -2.11. The molecule has 78 valence electrons. The summed E-state index contributed by atoms with van der Waals surface area (Å²) < 4.78 is 0.793. The molecule has 0 unspecified atom stereocenters. The fraction of sp³-hybridized carbons (Fsp3) is 0. The van der Waals surface area contributed by atoms with E-state index < -0.39 is 11.9 Å². The van der Waals surface area contributed by atoms with Gasteiger partial charge in [-0.15, -0.1) is 0 Å². The molecule has 0 aliphatic heterocycles. The van der Waals surface area contributed by atoms with Gasteiger partial charge in [-0.1, -0.05) is 6.58 Å². The minimum atomic E-state index is -1.08. The Hall–Kier alpha value is -1.37. The van der Waals surface area contributed by atoms with Crippen molar-refractivity contribution in [2.75, 3.05) is 5.32 Å². The molecule has 0 aliphatic rings. The highest BCUT2D eigenvalue weighted by Gasteiger charge is 2.11. The minimum Gasteiger partial charge on any atom is -0.478 e. The van der Waals surface area contributed by atoms with Gasteiger partial charge < -0.3 is 10.4 Å². The zero-order chi connectivity index (χ0) is 11.4. The van der Waals surface area contributed by atoms with Crippen LogP contribution in [-0.2, 0) is 4.79 Å². The summed E-state index contributed by atoms with van der Waals surface area (Å²) in [6.07, 6.45) is 1.09. The quantitative estimate of drug-likeness (QED) is 0.663. The largest absolute Gasteiger partial charge is 0.478 e. The Labute approximate surface area is 100 Å². The zero-order valence-electron chi connectivity index (χ0n) is 7.66. The Balaban J connectivity index is 3.11. The Morgan fingerprint density at radius 2 is 2.13 bits per heavy atom. The Morgan fingerprint density at radius 3 is 2.67 bits per heavy atom. The standard InChI is InChI=1S/C10H8INO3/c1-2-9(13)12-8-4-3-6(11)5-7(8)10(14)15/h2-5H,1H2,(H,12,13)(H,14,15). The fourth-order valence-electron chi connectivity index (χ4n) is 0.986. The van der Waals surface area contributed by atoms with Gasteiger partial charge in [-0.25, -0.2) is 4.79 Å². The second kappa shape index (κ2) is 4.92. The van der Waals surface area contributed by atoms with E-state index >= 15 is 0 Å². The lowest BCUT2D eigenvalue weighted by atomic mass is 10.2. The third kappa shape index (κ3) is 3.05. The number of amides is 1. The molecule has 0 spiro atoms. The maximum absolute atomic E-state index is 11.0. The second-order valence-corrected chi connectivity index (χ2v) is 3.93. The number of nitrogens with one attached hydrogen (secondary N) is 1. The van der Waals surface area contributed by atoms with Crippen molar-refractivity contribution in [2.45, 2.75) is 0 Å². The predicted octanol–water partition coefficient (Wildman–Crippen LogP) is 2.11. The van der Waals surface area contributed by atoms with Crippen LogP contribution in [0.4, 0.5) is 5.69 Å². The van der Waals surface area contributed by atoms with Gasteiger partial charge in [-0.05, 0) is 46.9 Å². The molecule has 0 radical (unpaired) electrons. The van der Waals surface area contributed by atoms with Crippen molar-refractivity contribution >= 4 is 40.2 Å². The van der Waals surface area contributed by atoms with Crippen LogP contribution in [0.1, 0.15) is 10.4 Å². The molecule has 0 aliphatic carbocycles. The van der Waals surface area contributed by atoms with E-state index in [-0.39, 0.29) is 11.3 Å². The van der Waals surface area contributed by atoms with Gasteiger partial charge in [0.15, 0.2) is 0 Å². The Morgan fingerprint density at radius 1 is 1.47 bits per heavy atom.